The van der Waals surface area contributed by atoms with E-state index in [0.717, 1.165) is 17.2 Å². The first kappa shape index (κ1) is 24.9. The Morgan fingerprint density at radius 3 is 2.48 bits per heavy atom. The van der Waals surface area contributed by atoms with Crippen LogP contribution < -0.4 is 10.1 Å². The second-order valence-corrected chi connectivity index (χ2v) is 8.86. The Labute approximate surface area is 204 Å². The lowest BCUT2D eigenvalue weighted by atomic mass is 10.1. The molecule has 174 valence electrons. The molecular weight excluding hydrogens is 459 g/mol. The van der Waals surface area contributed by atoms with Crippen LogP contribution in [0, 0.1) is 0 Å². The van der Waals surface area contributed by atoms with Crippen molar-refractivity contribution in [3.05, 3.63) is 76.3 Å². The van der Waals surface area contributed by atoms with Crippen molar-refractivity contribution in [2.45, 2.75) is 45.8 Å². The first-order valence-corrected chi connectivity index (χ1v) is 11.7. The topological polar surface area (TPSA) is 58.6 Å². The SMILES string of the molecule is CC[C@H](C)NC(=O)[C@@H](C)N(Cc1ccc(Cl)cc1Cl)C(=O)COc1cccc2ccccc12. The largest absolute Gasteiger partial charge is 0.483 e. The lowest BCUT2D eigenvalue weighted by Crippen LogP contribution is -2.50. The molecule has 2 amide bonds. The molecule has 0 saturated carbocycles. The Balaban J connectivity index is 1.82. The second kappa shape index (κ2) is 11.4. The fraction of sp³-hybridized carbons (Fsp3) is 0.308. The lowest BCUT2D eigenvalue weighted by Gasteiger charge is -2.30. The van der Waals surface area contributed by atoms with Gasteiger partial charge in [0.1, 0.15) is 11.8 Å². The van der Waals surface area contributed by atoms with Crippen LogP contribution in [0.25, 0.3) is 10.8 Å². The predicted octanol–water partition coefficient (Wildman–Crippen LogP) is 5.86. The van der Waals surface area contributed by atoms with Crippen LogP contribution in [0.1, 0.15) is 32.8 Å². The van der Waals surface area contributed by atoms with Gasteiger partial charge in [-0.2, -0.15) is 0 Å². The maximum absolute atomic E-state index is 13.3. The van der Waals surface area contributed by atoms with Crippen LogP contribution in [-0.4, -0.2) is 35.4 Å². The zero-order chi connectivity index (χ0) is 24.0. The van der Waals surface area contributed by atoms with Crippen LogP contribution in [0.4, 0.5) is 0 Å². The molecule has 0 aliphatic rings. The number of benzene rings is 3. The lowest BCUT2D eigenvalue weighted by molar-refractivity contribution is -0.142. The molecule has 0 unspecified atom stereocenters. The van der Waals surface area contributed by atoms with E-state index in [9.17, 15) is 9.59 Å². The standard InChI is InChI=1S/C26H28Cl2N2O3/c1-4-17(2)29-26(32)18(3)30(15-20-12-13-21(27)14-23(20)28)25(31)16-33-24-11-7-9-19-8-5-6-10-22(19)24/h5-14,17-18H,4,15-16H2,1-3H3,(H,29,32)/t17-,18+/m0/s1. The summed E-state index contributed by atoms with van der Waals surface area (Å²) in [5, 5.41) is 5.82. The minimum absolute atomic E-state index is 0.00274. The maximum Gasteiger partial charge on any atom is 0.261 e. The van der Waals surface area contributed by atoms with Crippen LogP contribution in [-0.2, 0) is 16.1 Å². The summed E-state index contributed by atoms with van der Waals surface area (Å²) < 4.78 is 5.90. The molecule has 5 nitrogen and oxygen atoms in total. The molecule has 0 heterocycles. The van der Waals surface area contributed by atoms with Crippen LogP contribution >= 0.6 is 23.2 Å². The minimum atomic E-state index is -0.714. The van der Waals surface area contributed by atoms with Gasteiger partial charge in [-0.15, -0.1) is 0 Å². The number of amides is 2. The Morgan fingerprint density at radius 1 is 1.03 bits per heavy atom. The summed E-state index contributed by atoms with van der Waals surface area (Å²) in [6.07, 6.45) is 0.791. The first-order chi connectivity index (χ1) is 15.8. The van der Waals surface area contributed by atoms with E-state index in [4.69, 9.17) is 27.9 Å². The normalized spacial score (nSPS) is 12.8. The number of hydrogen-bond acceptors (Lipinski definition) is 3. The van der Waals surface area contributed by atoms with Crippen LogP contribution in [0.3, 0.4) is 0 Å². The van der Waals surface area contributed by atoms with Gasteiger partial charge in [0.2, 0.25) is 5.91 Å². The fourth-order valence-electron chi connectivity index (χ4n) is 3.43. The van der Waals surface area contributed by atoms with E-state index in [1.54, 1.807) is 25.1 Å². The van der Waals surface area contributed by atoms with Gasteiger partial charge in [0.25, 0.3) is 5.91 Å². The fourth-order valence-corrected chi connectivity index (χ4v) is 3.89. The van der Waals surface area contributed by atoms with Crippen molar-refractivity contribution >= 4 is 45.8 Å². The zero-order valence-electron chi connectivity index (χ0n) is 19.0. The predicted molar refractivity (Wildman–Crippen MR) is 134 cm³/mol. The average molecular weight is 487 g/mol. The third-order valence-electron chi connectivity index (χ3n) is 5.62. The van der Waals surface area contributed by atoms with Gasteiger partial charge in [-0.1, -0.05) is 72.6 Å². The van der Waals surface area contributed by atoms with E-state index < -0.39 is 6.04 Å². The summed E-state index contributed by atoms with van der Waals surface area (Å²) >= 11 is 12.4. The molecule has 1 N–H and O–H groups in total. The van der Waals surface area contributed by atoms with Crippen molar-refractivity contribution in [1.82, 2.24) is 10.2 Å². The second-order valence-electron chi connectivity index (χ2n) is 8.02. The average Bonchev–Trinajstić information content (AvgIpc) is 2.81. The van der Waals surface area contributed by atoms with E-state index in [1.165, 1.54) is 4.90 Å². The van der Waals surface area contributed by atoms with Gasteiger partial charge in [-0.25, -0.2) is 0 Å². The minimum Gasteiger partial charge on any atom is -0.483 e. The van der Waals surface area contributed by atoms with Crippen LogP contribution in [0.2, 0.25) is 10.0 Å². The molecule has 0 aliphatic carbocycles. The highest BCUT2D eigenvalue weighted by molar-refractivity contribution is 6.35. The first-order valence-electron chi connectivity index (χ1n) is 10.9. The molecule has 33 heavy (non-hydrogen) atoms. The highest BCUT2D eigenvalue weighted by atomic mass is 35.5. The van der Waals surface area contributed by atoms with Crippen molar-refractivity contribution in [3.8, 4) is 5.75 Å². The molecule has 0 spiro atoms. The smallest absolute Gasteiger partial charge is 0.261 e. The van der Waals surface area contributed by atoms with E-state index in [0.29, 0.717) is 21.4 Å². The van der Waals surface area contributed by atoms with Crippen LogP contribution in [0.5, 0.6) is 5.75 Å². The van der Waals surface area contributed by atoms with Gasteiger partial charge in [0.15, 0.2) is 6.61 Å². The number of hydrogen-bond donors (Lipinski definition) is 1. The van der Waals surface area contributed by atoms with Gasteiger partial charge in [0.05, 0.1) is 0 Å². The molecule has 0 fully saturated rings. The summed E-state index contributed by atoms with van der Waals surface area (Å²) in [5.74, 6) is 0.0661. The summed E-state index contributed by atoms with van der Waals surface area (Å²) in [5.41, 5.74) is 0.697. The maximum atomic E-state index is 13.3. The number of carbonyl (C=O) groups excluding carboxylic acids is 2. The third kappa shape index (κ3) is 6.40. The van der Waals surface area contributed by atoms with Gasteiger partial charge in [-0.05, 0) is 49.4 Å². The number of nitrogens with one attached hydrogen (secondary N) is 1. The highest BCUT2D eigenvalue weighted by Crippen LogP contribution is 2.26. The molecular formula is C26H28Cl2N2O3. The van der Waals surface area contributed by atoms with Crippen molar-refractivity contribution in [2.75, 3.05) is 6.61 Å². The molecule has 0 aromatic heterocycles. The number of carbonyl (C=O) groups is 2. The number of rotatable bonds is 9. The summed E-state index contributed by atoms with van der Waals surface area (Å²) in [6, 6.07) is 17.9. The molecule has 2 atom stereocenters. The summed E-state index contributed by atoms with van der Waals surface area (Å²) in [4.78, 5) is 27.6. The Morgan fingerprint density at radius 2 is 1.76 bits per heavy atom. The molecule has 7 heteroatoms. The molecule has 3 aromatic carbocycles. The van der Waals surface area contributed by atoms with Gasteiger partial charge >= 0.3 is 0 Å². The molecule has 0 radical (unpaired) electrons. The number of nitrogens with zero attached hydrogens (tertiary/aromatic N) is 1. The molecule has 0 saturated heterocycles. The van der Waals surface area contributed by atoms with E-state index in [1.807, 2.05) is 56.3 Å². The number of halogens is 2. The van der Waals surface area contributed by atoms with Crippen LogP contribution in [0.15, 0.2) is 60.7 Å². The van der Waals surface area contributed by atoms with Gasteiger partial charge in [-0.3, -0.25) is 9.59 Å². The van der Waals surface area contributed by atoms with E-state index >= 15 is 0 Å². The van der Waals surface area contributed by atoms with Crippen molar-refractivity contribution in [2.24, 2.45) is 0 Å². The molecule has 3 aromatic rings. The Bertz CT molecular complexity index is 1130. The number of fused-ring (bicyclic) bond motifs is 1. The Kier molecular flexibility index (Phi) is 8.59. The molecule has 3 rings (SSSR count). The summed E-state index contributed by atoms with van der Waals surface area (Å²) in [6.45, 7) is 5.57. The Hall–Kier alpha value is -2.76. The highest BCUT2D eigenvalue weighted by Gasteiger charge is 2.28. The zero-order valence-corrected chi connectivity index (χ0v) is 20.5. The monoisotopic (exact) mass is 486 g/mol. The number of ether oxygens (including phenoxy) is 1. The van der Waals surface area contributed by atoms with Crippen molar-refractivity contribution < 1.29 is 14.3 Å². The van der Waals surface area contributed by atoms with Crippen molar-refractivity contribution in [3.63, 3.8) is 0 Å². The molecule has 0 aliphatic heterocycles. The quantitative estimate of drug-likeness (QED) is 0.412. The summed E-state index contributed by atoms with van der Waals surface area (Å²) in [7, 11) is 0. The third-order valence-corrected chi connectivity index (χ3v) is 6.21. The van der Waals surface area contributed by atoms with Gasteiger partial charge in [0, 0.05) is 28.0 Å². The van der Waals surface area contributed by atoms with Gasteiger partial charge < -0.3 is 15.0 Å². The van der Waals surface area contributed by atoms with Crippen molar-refractivity contribution in [1.29, 1.82) is 0 Å². The van der Waals surface area contributed by atoms with E-state index in [2.05, 4.69) is 5.32 Å². The molecule has 0 bridgehead atoms. The van der Waals surface area contributed by atoms with E-state index in [-0.39, 0.29) is 31.0 Å².